The molecular formula is C15H18N2O5. The Hall–Kier alpha value is -2.70. The van der Waals surface area contributed by atoms with E-state index in [0.29, 0.717) is 23.4 Å². The standard InChI is InChI=1S/C15H18N2O5/c1-11-6-7-12(18)16(11)10-4-2-3-5-15(21)22-17-13(19)8-9-14(17)20/h6-9,19-20H,1-5,10H2. The van der Waals surface area contributed by atoms with Gasteiger partial charge in [-0.2, -0.15) is 0 Å². The van der Waals surface area contributed by atoms with Crippen LogP contribution in [-0.2, 0) is 9.59 Å². The van der Waals surface area contributed by atoms with E-state index in [4.69, 9.17) is 4.84 Å². The molecule has 0 atom stereocenters. The van der Waals surface area contributed by atoms with Gasteiger partial charge in [0.25, 0.3) is 5.91 Å². The summed E-state index contributed by atoms with van der Waals surface area (Å²) in [5.74, 6) is -1.30. The first-order chi connectivity index (χ1) is 10.5. The third kappa shape index (κ3) is 3.69. The van der Waals surface area contributed by atoms with Gasteiger partial charge in [0.1, 0.15) is 0 Å². The quantitative estimate of drug-likeness (QED) is 0.741. The second-order valence-electron chi connectivity index (χ2n) is 4.93. The zero-order chi connectivity index (χ0) is 16.1. The average Bonchev–Trinajstić information content (AvgIpc) is 2.96. The van der Waals surface area contributed by atoms with E-state index in [0.717, 1.165) is 12.8 Å². The number of hydrogen-bond donors (Lipinski definition) is 2. The van der Waals surface area contributed by atoms with Crippen LogP contribution >= 0.6 is 0 Å². The van der Waals surface area contributed by atoms with Gasteiger partial charge in [-0.15, -0.1) is 4.73 Å². The minimum absolute atomic E-state index is 0.0667. The van der Waals surface area contributed by atoms with E-state index in [1.54, 1.807) is 11.0 Å². The number of nitrogens with zero attached hydrogens (tertiary/aromatic N) is 2. The second kappa shape index (κ2) is 6.84. The SMILES string of the molecule is C=C1C=CC(=O)N1CCCCCC(=O)On1c(O)ccc1O. The second-order valence-corrected chi connectivity index (χ2v) is 4.93. The molecule has 1 aliphatic rings. The van der Waals surface area contributed by atoms with Crippen molar-refractivity contribution in [2.24, 2.45) is 0 Å². The highest BCUT2D eigenvalue weighted by molar-refractivity contribution is 5.92. The van der Waals surface area contributed by atoms with Crippen molar-refractivity contribution >= 4 is 11.9 Å². The van der Waals surface area contributed by atoms with Crippen molar-refractivity contribution in [3.63, 3.8) is 0 Å². The monoisotopic (exact) mass is 306 g/mol. The van der Waals surface area contributed by atoms with Crippen LogP contribution in [0.2, 0.25) is 0 Å². The lowest BCUT2D eigenvalue weighted by Gasteiger charge is -2.16. The van der Waals surface area contributed by atoms with Gasteiger partial charge in [-0.3, -0.25) is 4.79 Å². The average molecular weight is 306 g/mol. The Labute approximate surface area is 127 Å². The number of allylic oxidation sites excluding steroid dienone is 1. The third-order valence-corrected chi connectivity index (χ3v) is 3.28. The topological polar surface area (TPSA) is 92.0 Å². The molecule has 0 spiro atoms. The lowest BCUT2D eigenvalue weighted by atomic mass is 10.2. The van der Waals surface area contributed by atoms with Crippen molar-refractivity contribution in [3.05, 3.63) is 36.6 Å². The maximum atomic E-state index is 11.6. The highest BCUT2D eigenvalue weighted by Gasteiger charge is 2.17. The fraction of sp³-hybridized carbons (Fsp3) is 0.333. The predicted octanol–water partition coefficient (Wildman–Crippen LogP) is 1.33. The van der Waals surface area contributed by atoms with Crippen molar-refractivity contribution in [2.45, 2.75) is 25.7 Å². The zero-order valence-corrected chi connectivity index (χ0v) is 12.1. The van der Waals surface area contributed by atoms with Gasteiger partial charge in [-0.25, -0.2) is 4.79 Å². The molecule has 0 fully saturated rings. The molecule has 2 heterocycles. The van der Waals surface area contributed by atoms with E-state index in [1.165, 1.54) is 18.2 Å². The van der Waals surface area contributed by atoms with E-state index in [1.807, 2.05) is 0 Å². The molecule has 0 bridgehead atoms. The molecule has 118 valence electrons. The smallest absolute Gasteiger partial charge is 0.333 e. The largest absolute Gasteiger partial charge is 0.492 e. The lowest BCUT2D eigenvalue weighted by molar-refractivity contribution is -0.145. The molecular weight excluding hydrogens is 288 g/mol. The van der Waals surface area contributed by atoms with Crippen LogP contribution in [0.4, 0.5) is 0 Å². The van der Waals surface area contributed by atoms with E-state index < -0.39 is 5.97 Å². The predicted molar refractivity (Wildman–Crippen MR) is 77.8 cm³/mol. The van der Waals surface area contributed by atoms with Crippen LogP contribution < -0.4 is 4.84 Å². The van der Waals surface area contributed by atoms with Crippen LogP contribution in [0.1, 0.15) is 25.7 Å². The van der Waals surface area contributed by atoms with Gasteiger partial charge >= 0.3 is 5.97 Å². The molecule has 1 amide bonds. The van der Waals surface area contributed by atoms with Gasteiger partial charge < -0.3 is 20.0 Å². The fourth-order valence-corrected chi connectivity index (χ4v) is 2.10. The maximum absolute atomic E-state index is 11.6. The van der Waals surface area contributed by atoms with E-state index in [-0.39, 0.29) is 24.1 Å². The van der Waals surface area contributed by atoms with E-state index >= 15 is 0 Å². The molecule has 22 heavy (non-hydrogen) atoms. The van der Waals surface area contributed by atoms with Crippen molar-refractivity contribution in [3.8, 4) is 11.8 Å². The summed E-state index contributed by atoms with van der Waals surface area (Å²) in [6.07, 6.45) is 5.40. The first-order valence-electron chi connectivity index (χ1n) is 6.98. The van der Waals surface area contributed by atoms with Crippen LogP contribution in [-0.4, -0.2) is 38.3 Å². The summed E-state index contributed by atoms with van der Waals surface area (Å²) in [6.45, 7) is 4.33. The summed E-state index contributed by atoms with van der Waals surface area (Å²) in [5, 5.41) is 18.7. The third-order valence-electron chi connectivity index (χ3n) is 3.28. The number of amides is 1. The number of rotatable bonds is 7. The number of aromatic hydroxyl groups is 2. The molecule has 1 aromatic rings. The Balaban J connectivity index is 1.64. The minimum Gasteiger partial charge on any atom is -0.492 e. The normalized spacial score (nSPS) is 13.9. The Bertz CT molecular complexity index is 580. The number of unbranched alkanes of at least 4 members (excludes halogenated alkanes) is 2. The van der Waals surface area contributed by atoms with Crippen LogP contribution in [0, 0.1) is 0 Å². The Morgan fingerprint density at radius 1 is 1.14 bits per heavy atom. The van der Waals surface area contributed by atoms with Gasteiger partial charge in [0.15, 0.2) is 0 Å². The summed E-state index contributed by atoms with van der Waals surface area (Å²) < 4.78 is 0.668. The molecule has 7 nitrogen and oxygen atoms in total. The van der Waals surface area contributed by atoms with Gasteiger partial charge in [0.05, 0.1) is 0 Å². The molecule has 0 aromatic carbocycles. The lowest BCUT2D eigenvalue weighted by Crippen LogP contribution is -2.24. The van der Waals surface area contributed by atoms with Gasteiger partial charge in [0.2, 0.25) is 11.8 Å². The molecule has 0 aliphatic carbocycles. The fourth-order valence-electron chi connectivity index (χ4n) is 2.10. The minimum atomic E-state index is -0.551. The number of carbonyl (C=O) groups excluding carboxylic acids is 2. The summed E-state index contributed by atoms with van der Waals surface area (Å²) in [5.41, 5.74) is 0.683. The van der Waals surface area contributed by atoms with Crippen molar-refractivity contribution in [2.75, 3.05) is 6.54 Å². The molecule has 0 radical (unpaired) electrons. The van der Waals surface area contributed by atoms with Crippen molar-refractivity contribution in [1.82, 2.24) is 9.63 Å². The first-order valence-corrected chi connectivity index (χ1v) is 6.98. The molecule has 2 rings (SSSR count). The van der Waals surface area contributed by atoms with Crippen LogP contribution in [0.25, 0.3) is 0 Å². The van der Waals surface area contributed by atoms with Gasteiger partial charge in [-0.05, 0) is 18.9 Å². The Morgan fingerprint density at radius 2 is 1.82 bits per heavy atom. The van der Waals surface area contributed by atoms with E-state index in [9.17, 15) is 19.8 Å². The number of carbonyl (C=O) groups is 2. The molecule has 1 aliphatic heterocycles. The van der Waals surface area contributed by atoms with E-state index in [2.05, 4.69) is 6.58 Å². The molecule has 0 saturated carbocycles. The Kier molecular flexibility index (Phi) is 4.88. The Morgan fingerprint density at radius 3 is 2.41 bits per heavy atom. The molecule has 1 aromatic heterocycles. The van der Waals surface area contributed by atoms with Crippen molar-refractivity contribution in [1.29, 1.82) is 0 Å². The summed E-state index contributed by atoms with van der Waals surface area (Å²) >= 11 is 0. The van der Waals surface area contributed by atoms with Crippen LogP contribution in [0.15, 0.2) is 36.6 Å². The zero-order valence-electron chi connectivity index (χ0n) is 12.1. The molecule has 0 unspecified atom stereocenters. The number of aromatic nitrogens is 1. The maximum Gasteiger partial charge on any atom is 0.333 e. The van der Waals surface area contributed by atoms with Crippen LogP contribution in [0.3, 0.4) is 0 Å². The molecule has 7 heteroatoms. The summed E-state index contributed by atoms with van der Waals surface area (Å²) in [4.78, 5) is 29.4. The summed E-state index contributed by atoms with van der Waals surface area (Å²) in [7, 11) is 0. The van der Waals surface area contributed by atoms with Gasteiger partial charge in [0, 0.05) is 36.9 Å². The molecule has 0 saturated heterocycles. The summed E-state index contributed by atoms with van der Waals surface area (Å²) in [6, 6.07) is 2.44. The van der Waals surface area contributed by atoms with Gasteiger partial charge in [-0.1, -0.05) is 13.0 Å². The number of hydrogen-bond acceptors (Lipinski definition) is 5. The highest BCUT2D eigenvalue weighted by Crippen LogP contribution is 2.19. The van der Waals surface area contributed by atoms with Crippen molar-refractivity contribution < 1.29 is 24.6 Å². The first kappa shape index (κ1) is 15.7. The molecule has 2 N–H and O–H groups in total. The highest BCUT2D eigenvalue weighted by atomic mass is 16.7. The van der Waals surface area contributed by atoms with Crippen LogP contribution in [0.5, 0.6) is 11.8 Å².